The summed E-state index contributed by atoms with van der Waals surface area (Å²) in [5.74, 6) is -1.51. The molecule has 1 saturated heterocycles. The zero-order valence-electron chi connectivity index (χ0n) is 12.3. The van der Waals surface area contributed by atoms with E-state index in [1.807, 2.05) is 0 Å². The standard InChI is InChI=1S/C17H22F2NO/c18-14-8-9-16(19)15(13-14)17(21)7-3-1-4-10-20-11-5-2-6-12-20/h2,8-9,13H,1,3-7,10-12H2. The highest BCUT2D eigenvalue weighted by Crippen LogP contribution is 2.15. The van der Waals surface area contributed by atoms with Crippen LogP contribution >= 0.6 is 0 Å². The number of carbonyl (C=O) groups is 1. The van der Waals surface area contributed by atoms with Gasteiger partial charge < -0.3 is 4.90 Å². The van der Waals surface area contributed by atoms with Crippen molar-refractivity contribution in [2.75, 3.05) is 19.6 Å². The third-order valence-electron chi connectivity index (χ3n) is 3.91. The van der Waals surface area contributed by atoms with Crippen LogP contribution in [0.5, 0.6) is 0 Å². The van der Waals surface area contributed by atoms with Gasteiger partial charge in [0.05, 0.1) is 5.56 Å². The number of piperidine rings is 1. The summed E-state index contributed by atoms with van der Waals surface area (Å²) in [6, 6.07) is 3.03. The number of nitrogens with zero attached hydrogens (tertiary/aromatic N) is 1. The van der Waals surface area contributed by atoms with Gasteiger partial charge in [0.2, 0.25) is 0 Å². The van der Waals surface area contributed by atoms with Crippen LogP contribution in [-0.2, 0) is 0 Å². The van der Waals surface area contributed by atoms with Crippen LogP contribution in [0.2, 0.25) is 0 Å². The Labute approximate surface area is 125 Å². The molecule has 0 atom stereocenters. The minimum atomic E-state index is -0.633. The first-order valence-corrected chi connectivity index (χ1v) is 7.69. The first kappa shape index (κ1) is 16.1. The number of hydrogen-bond acceptors (Lipinski definition) is 2. The van der Waals surface area contributed by atoms with Crippen LogP contribution in [0.1, 0.15) is 48.9 Å². The summed E-state index contributed by atoms with van der Waals surface area (Å²) < 4.78 is 26.5. The molecule has 0 unspecified atom stereocenters. The Hall–Kier alpha value is -1.29. The predicted octanol–water partition coefficient (Wildman–Crippen LogP) is 4.01. The summed E-state index contributed by atoms with van der Waals surface area (Å²) in [5, 5.41) is 0. The van der Waals surface area contributed by atoms with Crippen LogP contribution in [0.3, 0.4) is 0 Å². The van der Waals surface area contributed by atoms with E-state index in [0.29, 0.717) is 0 Å². The highest BCUT2D eigenvalue weighted by atomic mass is 19.1. The number of rotatable bonds is 7. The minimum absolute atomic E-state index is 0.124. The van der Waals surface area contributed by atoms with Crippen LogP contribution in [0.15, 0.2) is 18.2 Å². The first-order valence-electron chi connectivity index (χ1n) is 7.69. The van der Waals surface area contributed by atoms with E-state index in [0.717, 1.165) is 69.9 Å². The lowest BCUT2D eigenvalue weighted by Gasteiger charge is -2.26. The van der Waals surface area contributed by atoms with Crippen molar-refractivity contribution in [1.29, 1.82) is 0 Å². The summed E-state index contributed by atoms with van der Waals surface area (Å²) >= 11 is 0. The number of ketones is 1. The summed E-state index contributed by atoms with van der Waals surface area (Å²) in [6.07, 6.45) is 7.67. The van der Waals surface area contributed by atoms with Crippen LogP contribution in [0.25, 0.3) is 0 Å². The predicted molar refractivity (Wildman–Crippen MR) is 79.1 cm³/mol. The SMILES string of the molecule is O=C(CCCCCN1CC[CH]CC1)c1cc(F)ccc1F. The molecular weight excluding hydrogens is 272 g/mol. The molecule has 0 aliphatic carbocycles. The van der Waals surface area contributed by atoms with Crippen LogP contribution in [0.4, 0.5) is 8.78 Å². The fourth-order valence-electron chi connectivity index (χ4n) is 2.67. The van der Waals surface area contributed by atoms with Gasteiger partial charge in [0.15, 0.2) is 5.78 Å². The van der Waals surface area contributed by atoms with Gasteiger partial charge in [-0.3, -0.25) is 4.79 Å². The number of Topliss-reactive ketones (excluding diaryl/α,β-unsaturated/α-hetero) is 1. The average molecular weight is 294 g/mol. The number of benzene rings is 1. The maximum Gasteiger partial charge on any atom is 0.165 e. The van der Waals surface area contributed by atoms with Gasteiger partial charge in [-0.25, -0.2) is 8.78 Å². The normalized spacial score (nSPS) is 16.1. The number of halogens is 2. The largest absolute Gasteiger partial charge is 0.303 e. The molecular formula is C17H22F2NO. The van der Waals surface area contributed by atoms with Crippen molar-refractivity contribution in [3.63, 3.8) is 0 Å². The Morgan fingerprint density at radius 3 is 2.62 bits per heavy atom. The van der Waals surface area contributed by atoms with Crippen LogP contribution in [-0.4, -0.2) is 30.3 Å². The van der Waals surface area contributed by atoms with Gasteiger partial charge in [0.25, 0.3) is 0 Å². The molecule has 1 radical (unpaired) electrons. The smallest absolute Gasteiger partial charge is 0.165 e. The lowest BCUT2D eigenvalue weighted by atomic mass is 10.0. The van der Waals surface area contributed by atoms with E-state index in [-0.39, 0.29) is 17.8 Å². The highest BCUT2D eigenvalue weighted by Gasteiger charge is 2.13. The van der Waals surface area contributed by atoms with E-state index in [1.165, 1.54) is 0 Å². The Balaban J connectivity index is 1.66. The fraction of sp³-hybridized carbons (Fsp3) is 0.529. The molecule has 0 bridgehead atoms. The molecule has 0 amide bonds. The topological polar surface area (TPSA) is 20.3 Å². The molecule has 0 N–H and O–H groups in total. The average Bonchev–Trinajstić information content (AvgIpc) is 2.50. The van der Waals surface area contributed by atoms with Crippen molar-refractivity contribution >= 4 is 5.78 Å². The second kappa shape index (κ2) is 8.23. The molecule has 1 aromatic carbocycles. The Morgan fingerprint density at radius 2 is 1.86 bits per heavy atom. The van der Waals surface area contributed by atoms with Crippen molar-refractivity contribution in [3.8, 4) is 0 Å². The van der Waals surface area contributed by atoms with Crippen LogP contribution in [0, 0.1) is 18.1 Å². The number of carbonyl (C=O) groups excluding carboxylic acids is 1. The van der Waals surface area contributed by atoms with E-state index in [2.05, 4.69) is 11.3 Å². The monoisotopic (exact) mass is 294 g/mol. The minimum Gasteiger partial charge on any atom is -0.303 e. The molecule has 1 aromatic rings. The molecule has 21 heavy (non-hydrogen) atoms. The van der Waals surface area contributed by atoms with E-state index in [9.17, 15) is 13.6 Å². The lowest BCUT2D eigenvalue weighted by Crippen LogP contribution is -2.30. The molecule has 2 nitrogen and oxygen atoms in total. The van der Waals surface area contributed by atoms with Crippen LogP contribution < -0.4 is 0 Å². The van der Waals surface area contributed by atoms with E-state index in [4.69, 9.17) is 0 Å². The number of likely N-dealkylation sites (tertiary alicyclic amines) is 1. The van der Waals surface area contributed by atoms with Gasteiger partial charge in [-0.05, 0) is 69.9 Å². The second-order valence-corrected chi connectivity index (χ2v) is 5.57. The lowest BCUT2D eigenvalue weighted by molar-refractivity contribution is 0.0974. The van der Waals surface area contributed by atoms with Crippen molar-refractivity contribution in [2.24, 2.45) is 0 Å². The van der Waals surface area contributed by atoms with Crippen molar-refractivity contribution in [3.05, 3.63) is 41.8 Å². The quantitative estimate of drug-likeness (QED) is 0.559. The number of hydrogen-bond donors (Lipinski definition) is 0. The Kier molecular flexibility index (Phi) is 6.30. The molecule has 1 aliphatic rings. The van der Waals surface area contributed by atoms with E-state index < -0.39 is 11.6 Å². The van der Waals surface area contributed by atoms with Crippen molar-refractivity contribution in [2.45, 2.75) is 38.5 Å². The molecule has 1 heterocycles. The zero-order chi connectivity index (χ0) is 15.1. The first-order chi connectivity index (χ1) is 10.2. The summed E-state index contributed by atoms with van der Waals surface area (Å²) in [5.41, 5.74) is -0.124. The number of unbranched alkanes of at least 4 members (excludes halogenated alkanes) is 2. The molecule has 0 saturated carbocycles. The summed E-state index contributed by atoms with van der Waals surface area (Å²) in [7, 11) is 0. The van der Waals surface area contributed by atoms with Gasteiger partial charge in [-0.2, -0.15) is 0 Å². The van der Waals surface area contributed by atoms with Crippen molar-refractivity contribution < 1.29 is 13.6 Å². The maximum atomic E-state index is 13.4. The molecule has 1 fully saturated rings. The molecule has 0 aromatic heterocycles. The molecule has 115 valence electrons. The molecule has 1 aliphatic heterocycles. The summed E-state index contributed by atoms with van der Waals surface area (Å²) in [6.45, 7) is 3.33. The third-order valence-corrected chi connectivity index (χ3v) is 3.91. The molecule has 2 rings (SSSR count). The van der Waals surface area contributed by atoms with Gasteiger partial charge >= 0.3 is 0 Å². The third kappa shape index (κ3) is 5.20. The van der Waals surface area contributed by atoms with E-state index >= 15 is 0 Å². The maximum absolute atomic E-state index is 13.4. The fourth-order valence-corrected chi connectivity index (χ4v) is 2.67. The van der Waals surface area contributed by atoms with Gasteiger partial charge in [-0.15, -0.1) is 0 Å². The summed E-state index contributed by atoms with van der Waals surface area (Å²) in [4.78, 5) is 14.3. The second-order valence-electron chi connectivity index (χ2n) is 5.57. The molecule has 4 heteroatoms. The highest BCUT2D eigenvalue weighted by molar-refractivity contribution is 5.96. The Morgan fingerprint density at radius 1 is 1.10 bits per heavy atom. The molecule has 0 spiro atoms. The zero-order valence-corrected chi connectivity index (χ0v) is 12.3. The van der Waals surface area contributed by atoms with Gasteiger partial charge in [0, 0.05) is 6.42 Å². The Bertz CT molecular complexity index is 470. The van der Waals surface area contributed by atoms with Gasteiger partial charge in [-0.1, -0.05) is 6.42 Å². The van der Waals surface area contributed by atoms with Crippen molar-refractivity contribution in [1.82, 2.24) is 4.90 Å². The van der Waals surface area contributed by atoms with E-state index in [1.54, 1.807) is 0 Å². The van der Waals surface area contributed by atoms with Gasteiger partial charge in [0.1, 0.15) is 11.6 Å².